The smallest absolute Gasteiger partial charge is 0.307 e. The van der Waals surface area contributed by atoms with Gasteiger partial charge in [-0.2, -0.15) is 11.8 Å². The average molecular weight is 518 g/mol. The first kappa shape index (κ1) is 26.3. The summed E-state index contributed by atoms with van der Waals surface area (Å²) in [7, 11) is 3.32. The predicted octanol–water partition coefficient (Wildman–Crippen LogP) is 4.77. The Kier molecular flexibility index (Phi) is 8.53. The second-order valence-corrected chi connectivity index (χ2v) is 9.90. The summed E-state index contributed by atoms with van der Waals surface area (Å²) < 4.78 is 5.18. The third-order valence-electron chi connectivity index (χ3n) is 6.30. The van der Waals surface area contributed by atoms with Gasteiger partial charge in [-0.1, -0.05) is 42.5 Å². The number of carbonyl (C=O) groups excluding carboxylic acids is 1. The van der Waals surface area contributed by atoms with E-state index in [4.69, 9.17) is 10.5 Å². The van der Waals surface area contributed by atoms with E-state index in [2.05, 4.69) is 17.1 Å². The maximum absolute atomic E-state index is 12.9. The number of nitrogens with zero attached hydrogens (tertiary/aromatic N) is 1. The van der Waals surface area contributed by atoms with Gasteiger partial charge in [0, 0.05) is 40.8 Å². The van der Waals surface area contributed by atoms with Gasteiger partial charge in [0.15, 0.2) is 0 Å². The van der Waals surface area contributed by atoms with E-state index in [1.165, 1.54) is 0 Å². The molecule has 1 unspecified atom stereocenters. The number of carboxylic acids is 1. The number of carbonyl (C=O) groups is 2. The van der Waals surface area contributed by atoms with Gasteiger partial charge in [0.05, 0.1) is 19.6 Å². The highest BCUT2D eigenvalue weighted by Crippen LogP contribution is 2.27. The fraction of sp³-hybridized carbons (Fsp3) is 0.241. The Bertz CT molecular complexity index is 1380. The first-order valence-electron chi connectivity index (χ1n) is 12.0. The molecule has 4 N–H and O–H groups in total. The summed E-state index contributed by atoms with van der Waals surface area (Å²) in [4.78, 5) is 29.3. The first-order valence-corrected chi connectivity index (χ1v) is 13.1. The number of nitrogens with two attached hydrogens (primary N) is 1. The molecule has 0 saturated carbocycles. The summed E-state index contributed by atoms with van der Waals surface area (Å²) in [5.41, 5.74) is 11.9. The molecule has 0 radical (unpaired) electrons. The third-order valence-corrected chi connectivity index (χ3v) is 7.33. The number of hydrogen-bond donors (Lipinski definition) is 3. The number of likely N-dealkylation sites (N-methyl/N-ethyl adjacent to an activating group) is 1. The number of anilines is 1. The van der Waals surface area contributed by atoms with Crippen molar-refractivity contribution in [1.82, 2.24) is 4.98 Å². The van der Waals surface area contributed by atoms with Gasteiger partial charge in [-0.15, -0.1) is 0 Å². The molecule has 192 valence electrons. The van der Waals surface area contributed by atoms with Crippen LogP contribution in [0.15, 0.2) is 72.8 Å². The van der Waals surface area contributed by atoms with Crippen LogP contribution in [0.2, 0.25) is 0 Å². The number of aromatic amines is 1. The maximum atomic E-state index is 12.9. The Labute approximate surface area is 220 Å². The van der Waals surface area contributed by atoms with Gasteiger partial charge in [0.1, 0.15) is 5.75 Å². The number of carboxylic acid groups (broad SMARTS) is 1. The number of aromatic nitrogens is 1. The first-order chi connectivity index (χ1) is 17.9. The van der Waals surface area contributed by atoms with Crippen molar-refractivity contribution in [2.75, 3.05) is 19.1 Å². The highest BCUT2D eigenvalue weighted by atomic mass is 32.2. The molecule has 0 aliphatic heterocycles. The number of amides is 1. The Balaban J connectivity index is 1.37. The van der Waals surface area contributed by atoms with Crippen molar-refractivity contribution in [2.24, 2.45) is 5.73 Å². The normalized spacial score (nSPS) is 11.9. The molecule has 0 bridgehead atoms. The van der Waals surface area contributed by atoms with Crippen LogP contribution in [-0.4, -0.2) is 42.2 Å². The van der Waals surface area contributed by atoms with Crippen LogP contribution in [0.25, 0.3) is 10.9 Å². The lowest BCUT2D eigenvalue weighted by atomic mass is 10.0. The van der Waals surface area contributed by atoms with E-state index in [0.29, 0.717) is 12.2 Å². The lowest BCUT2D eigenvalue weighted by Gasteiger charge is -2.22. The molecule has 8 heteroatoms. The molecule has 1 heterocycles. The summed E-state index contributed by atoms with van der Waals surface area (Å²) in [6.45, 7) is 0. The summed E-state index contributed by atoms with van der Waals surface area (Å²) in [6.07, 6.45) is 0.425. The quantitative estimate of drug-likeness (QED) is 0.264. The minimum Gasteiger partial charge on any atom is -0.497 e. The standard InChI is InChI=1S/C29H31N3O4S/c1-32(21-10-12-22(36-2)13-11-21)29(35)25(30)15-19-6-5-7-20(14-19)17-37-18-27-24(16-28(33)34)23-8-3-4-9-26(23)31-27/h3-14,25,31H,15-18,30H2,1-2H3,(H,33,34). The van der Waals surface area contributed by atoms with Crippen LogP contribution < -0.4 is 15.4 Å². The van der Waals surface area contributed by atoms with Crippen molar-refractivity contribution in [1.29, 1.82) is 0 Å². The van der Waals surface area contributed by atoms with Crippen LogP contribution in [0.4, 0.5) is 5.69 Å². The van der Waals surface area contributed by atoms with E-state index >= 15 is 0 Å². The minimum absolute atomic E-state index is 0.00766. The highest BCUT2D eigenvalue weighted by molar-refractivity contribution is 7.97. The SMILES string of the molecule is COc1ccc(N(C)C(=O)C(N)Cc2cccc(CSCc3[nH]c4ccccc4c3CC(=O)O)c2)cc1. The summed E-state index contributed by atoms with van der Waals surface area (Å²) in [6, 6.07) is 22.5. The van der Waals surface area contributed by atoms with Gasteiger partial charge in [-0.05, 0) is 53.4 Å². The van der Waals surface area contributed by atoms with Gasteiger partial charge in [-0.25, -0.2) is 0 Å². The Morgan fingerprint density at radius 2 is 1.76 bits per heavy atom. The zero-order valence-electron chi connectivity index (χ0n) is 20.9. The summed E-state index contributed by atoms with van der Waals surface area (Å²) in [5.74, 6) is 1.16. The Hall–Kier alpha value is -3.75. The number of hydrogen-bond acceptors (Lipinski definition) is 5. The lowest BCUT2D eigenvalue weighted by molar-refractivity contribution is -0.136. The lowest BCUT2D eigenvalue weighted by Crippen LogP contribution is -2.43. The largest absolute Gasteiger partial charge is 0.497 e. The molecule has 0 fully saturated rings. The fourth-order valence-corrected chi connectivity index (χ4v) is 5.34. The third kappa shape index (κ3) is 6.53. The monoisotopic (exact) mass is 517 g/mol. The summed E-state index contributed by atoms with van der Waals surface area (Å²) in [5, 5.41) is 10.3. The number of thioether (sulfide) groups is 1. The van der Waals surface area contributed by atoms with Crippen LogP contribution in [0.1, 0.15) is 22.4 Å². The number of fused-ring (bicyclic) bond motifs is 1. The fourth-order valence-electron chi connectivity index (χ4n) is 4.37. The number of aliphatic carboxylic acids is 1. The molecule has 1 atom stereocenters. The molecule has 3 aromatic carbocycles. The molecule has 4 aromatic rings. The van der Waals surface area contributed by atoms with Gasteiger partial charge in [0.2, 0.25) is 5.91 Å². The Morgan fingerprint density at radius 1 is 1.03 bits per heavy atom. The van der Waals surface area contributed by atoms with E-state index in [-0.39, 0.29) is 12.3 Å². The van der Waals surface area contributed by atoms with E-state index in [0.717, 1.165) is 50.5 Å². The molecule has 37 heavy (non-hydrogen) atoms. The van der Waals surface area contributed by atoms with E-state index in [9.17, 15) is 14.7 Å². The molecule has 4 rings (SSSR count). The van der Waals surface area contributed by atoms with Gasteiger partial charge >= 0.3 is 5.97 Å². The van der Waals surface area contributed by atoms with Crippen LogP contribution in [0.3, 0.4) is 0 Å². The molecule has 1 aromatic heterocycles. The summed E-state index contributed by atoms with van der Waals surface area (Å²) >= 11 is 1.71. The van der Waals surface area contributed by atoms with Gasteiger partial charge < -0.3 is 25.5 Å². The highest BCUT2D eigenvalue weighted by Gasteiger charge is 2.20. The molecular formula is C29H31N3O4S. The molecule has 1 amide bonds. The molecule has 7 nitrogen and oxygen atoms in total. The second kappa shape index (κ2) is 12.0. The van der Waals surface area contributed by atoms with Crippen LogP contribution in [0.5, 0.6) is 5.75 Å². The number of ether oxygens (including phenoxy) is 1. The Morgan fingerprint density at radius 3 is 2.49 bits per heavy atom. The van der Waals surface area contributed by atoms with Crippen molar-refractivity contribution < 1.29 is 19.4 Å². The van der Waals surface area contributed by atoms with E-state index in [1.54, 1.807) is 30.8 Å². The number of methoxy groups -OCH3 is 1. The van der Waals surface area contributed by atoms with E-state index < -0.39 is 12.0 Å². The number of rotatable bonds is 11. The van der Waals surface area contributed by atoms with Crippen molar-refractivity contribution in [3.05, 3.63) is 95.2 Å². The predicted molar refractivity (Wildman–Crippen MR) is 149 cm³/mol. The zero-order chi connectivity index (χ0) is 26.4. The molecular weight excluding hydrogens is 486 g/mol. The van der Waals surface area contributed by atoms with Crippen LogP contribution in [-0.2, 0) is 33.9 Å². The van der Waals surface area contributed by atoms with Crippen molar-refractivity contribution in [3.8, 4) is 5.75 Å². The van der Waals surface area contributed by atoms with E-state index in [1.807, 2.05) is 60.7 Å². The average Bonchev–Trinajstić information content (AvgIpc) is 3.24. The molecule has 0 aliphatic carbocycles. The van der Waals surface area contributed by atoms with Crippen molar-refractivity contribution in [2.45, 2.75) is 30.4 Å². The van der Waals surface area contributed by atoms with Crippen molar-refractivity contribution >= 4 is 40.2 Å². The van der Waals surface area contributed by atoms with Crippen LogP contribution >= 0.6 is 11.8 Å². The minimum atomic E-state index is -0.841. The maximum Gasteiger partial charge on any atom is 0.307 e. The molecule has 0 aliphatic rings. The number of nitrogens with one attached hydrogen (secondary N) is 1. The number of H-pyrrole nitrogens is 1. The second-order valence-electron chi connectivity index (χ2n) is 8.92. The zero-order valence-corrected chi connectivity index (χ0v) is 21.8. The number of para-hydroxylation sites is 1. The molecule has 0 saturated heterocycles. The van der Waals surface area contributed by atoms with Crippen LogP contribution in [0, 0.1) is 0 Å². The van der Waals surface area contributed by atoms with Crippen molar-refractivity contribution in [3.63, 3.8) is 0 Å². The topological polar surface area (TPSA) is 109 Å². The molecule has 0 spiro atoms. The van der Waals surface area contributed by atoms with Gasteiger partial charge in [0.25, 0.3) is 0 Å². The number of benzene rings is 3. The van der Waals surface area contributed by atoms with Gasteiger partial charge in [-0.3, -0.25) is 9.59 Å².